The molecule has 0 spiro atoms. The number of benzene rings is 1. The molecule has 0 unspecified atom stereocenters. The topological polar surface area (TPSA) is 87.6 Å². The predicted octanol–water partition coefficient (Wildman–Crippen LogP) is 1.97. The van der Waals surface area contributed by atoms with E-state index in [1.165, 1.54) is 42.4 Å². The maximum atomic E-state index is 11.4. The Morgan fingerprint density at radius 3 is 2.69 bits per heavy atom. The van der Waals surface area contributed by atoms with Crippen molar-refractivity contribution < 1.29 is 12.6 Å². The van der Waals surface area contributed by atoms with Crippen molar-refractivity contribution in [3.8, 4) is 0 Å². The largest absolute Gasteiger partial charge is 0.504 e. The molecule has 0 saturated carbocycles. The lowest BCUT2D eigenvalue weighted by Gasteiger charge is -2.08. The number of halogens is 1. The van der Waals surface area contributed by atoms with Crippen molar-refractivity contribution in [3.63, 3.8) is 0 Å². The Morgan fingerprint density at radius 2 is 2.12 bits per heavy atom. The number of carbonyl (C=O) groups is 1. The number of methoxy groups -OCH3 is 1. The van der Waals surface area contributed by atoms with Gasteiger partial charge in [-0.1, -0.05) is 0 Å². The smallest absolute Gasteiger partial charge is 0.349 e. The Bertz CT molecular complexity index is 432. The zero-order valence-electron chi connectivity index (χ0n) is 8.57. The van der Waals surface area contributed by atoms with E-state index in [4.69, 9.17) is 16.2 Å². The summed E-state index contributed by atoms with van der Waals surface area (Å²) in [5, 5.41) is 0. The Morgan fingerprint density at radius 1 is 1.44 bits per heavy atom. The summed E-state index contributed by atoms with van der Waals surface area (Å²) >= 11 is 1.50. The third kappa shape index (κ3) is 2.57. The Labute approximate surface area is 107 Å². The highest BCUT2D eigenvalue weighted by molar-refractivity contribution is 14.1. The number of nitrogens with two attached hydrogens (primary N) is 2. The SMILES string of the molecule is CO/C=C/c1c(N)ccc(C(=O)OI)c1N. The number of nitrogen functional groups attached to an aromatic ring is 2. The van der Waals surface area contributed by atoms with Crippen LogP contribution in [0.5, 0.6) is 0 Å². The molecule has 0 aliphatic rings. The molecule has 0 heterocycles. The molecule has 0 atom stereocenters. The van der Waals surface area contributed by atoms with Crippen LogP contribution >= 0.6 is 23.0 Å². The third-order valence-corrected chi connectivity index (χ3v) is 2.38. The van der Waals surface area contributed by atoms with Crippen molar-refractivity contribution in [2.75, 3.05) is 18.6 Å². The minimum atomic E-state index is -0.509. The van der Waals surface area contributed by atoms with E-state index in [-0.39, 0.29) is 11.3 Å². The molecule has 0 bridgehead atoms. The first-order valence-electron chi connectivity index (χ1n) is 4.32. The molecule has 86 valence electrons. The minimum Gasteiger partial charge on any atom is -0.504 e. The molecular weight excluding hydrogens is 323 g/mol. The Hall–Kier alpha value is -1.44. The van der Waals surface area contributed by atoms with Crippen molar-refractivity contribution in [2.45, 2.75) is 0 Å². The van der Waals surface area contributed by atoms with E-state index < -0.39 is 5.97 Å². The molecule has 0 aromatic heterocycles. The molecule has 4 N–H and O–H groups in total. The monoisotopic (exact) mass is 334 g/mol. The fourth-order valence-electron chi connectivity index (χ4n) is 1.19. The van der Waals surface area contributed by atoms with Crippen LogP contribution in [0.4, 0.5) is 11.4 Å². The summed E-state index contributed by atoms with van der Waals surface area (Å²) in [6.45, 7) is 0. The van der Waals surface area contributed by atoms with Crippen LogP contribution in [0.25, 0.3) is 6.08 Å². The van der Waals surface area contributed by atoms with Gasteiger partial charge in [0.15, 0.2) is 23.0 Å². The molecular formula is C10H11IN2O3. The zero-order valence-corrected chi connectivity index (χ0v) is 10.7. The molecule has 1 aromatic rings. The van der Waals surface area contributed by atoms with Gasteiger partial charge in [0.2, 0.25) is 0 Å². The summed E-state index contributed by atoms with van der Waals surface area (Å²) in [4.78, 5) is 11.4. The van der Waals surface area contributed by atoms with Gasteiger partial charge < -0.3 is 19.3 Å². The quantitative estimate of drug-likeness (QED) is 0.501. The summed E-state index contributed by atoms with van der Waals surface area (Å²) < 4.78 is 9.34. The molecule has 0 aliphatic heterocycles. The van der Waals surface area contributed by atoms with Crippen molar-refractivity contribution >= 4 is 46.4 Å². The van der Waals surface area contributed by atoms with Crippen LogP contribution in [0.3, 0.4) is 0 Å². The first kappa shape index (κ1) is 12.6. The van der Waals surface area contributed by atoms with Crippen LogP contribution in [0.2, 0.25) is 0 Å². The van der Waals surface area contributed by atoms with Gasteiger partial charge in [-0.05, 0) is 18.2 Å². The van der Waals surface area contributed by atoms with Gasteiger partial charge in [0.25, 0.3) is 0 Å². The van der Waals surface area contributed by atoms with E-state index >= 15 is 0 Å². The fourth-order valence-corrected chi connectivity index (χ4v) is 1.43. The van der Waals surface area contributed by atoms with Crippen LogP contribution in [-0.4, -0.2) is 13.1 Å². The van der Waals surface area contributed by atoms with Crippen molar-refractivity contribution in [1.82, 2.24) is 0 Å². The van der Waals surface area contributed by atoms with Crippen LogP contribution in [0.1, 0.15) is 15.9 Å². The number of carbonyl (C=O) groups excluding carboxylic acids is 1. The van der Waals surface area contributed by atoms with Crippen LogP contribution in [0.15, 0.2) is 18.4 Å². The van der Waals surface area contributed by atoms with Gasteiger partial charge in [0, 0.05) is 11.3 Å². The Kier molecular flexibility index (Phi) is 4.41. The lowest BCUT2D eigenvalue weighted by atomic mass is 10.1. The van der Waals surface area contributed by atoms with Gasteiger partial charge in [-0.3, -0.25) is 0 Å². The highest BCUT2D eigenvalue weighted by atomic mass is 127. The second-order valence-electron chi connectivity index (χ2n) is 2.93. The minimum absolute atomic E-state index is 0.273. The molecule has 1 aromatic carbocycles. The third-order valence-electron chi connectivity index (χ3n) is 1.98. The van der Waals surface area contributed by atoms with Crippen LogP contribution in [0, 0.1) is 0 Å². The van der Waals surface area contributed by atoms with E-state index in [9.17, 15) is 4.79 Å². The summed E-state index contributed by atoms with van der Waals surface area (Å²) in [7, 11) is 1.51. The predicted molar refractivity (Wildman–Crippen MR) is 70.7 cm³/mol. The summed E-state index contributed by atoms with van der Waals surface area (Å²) in [6.07, 6.45) is 3.02. The molecule has 0 radical (unpaired) electrons. The molecule has 1 rings (SSSR count). The lowest BCUT2D eigenvalue weighted by Crippen LogP contribution is -2.06. The number of anilines is 2. The molecule has 5 nitrogen and oxygen atoms in total. The maximum Gasteiger partial charge on any atom is 0.349 e. The summed E-state index contributed by atoms with van der Waals surface area (Å²) in [6, 6.07) is 3.12. The first-order valence-corrected chi connectivity index (χ1v) is 5.20. The highest BCUT2D eigenvalue weighted by Crippen LogP contribution is 2.26. The van der Waals surface area contributed by atoms with Crippen molar-refractivity contribution in [3.05, 3.63) is 29.5 Å². The average Bonchev–Trinajstić information content (AvgIpc) is 2.28. The second-order valence-corrected chi connectivity index (χ2v) is 3.37. The highest BCUT2D eigenvalue weighted by Gasteiger charge is 2.14. The van der Waals surface area contributed by atoms with Gasteiger partial charge in [0.05, 0.1) is 24.6 Å². The fraction of sp³-hybridized carbons (Fsp3) is 0.100. The molecule has 0 saturated heterocycles. The van der Waals surface area contributed by atoms with Gasteiger partial charge >= 0.3 is 5.97 Å². The van der Waals surface area contributed by atoms with E-state index in [1.54, 1.807) is 12.1 Å². The number of hydrogen-bond acceptors (Lipinski definition) is 5. The maximum absolute atomic E-state index is 11.4. The molecule has 6 heteroatoms. The van der Waals surface area contributed by atoms with Crippen molar-refractivity contribution in [2.24, 2.45) is 0 Å². The number of hydrogen-bond donors (Lipinski definition) is 2. The summed E-state index contributed by atoms with van der Waals surface area (Å²) in [5.41, 5.74) is 13.1. The number of ether oxygens (including phenoxy) is 1. The standard InChI is InChI=1S/C10H11IN2O3/c1-15-5-4-6-8(12)3-2-7(9(6)13)10(14)16-11/h2-5H,12-13H2,1H3/b5-4+. The van der Waals surface area contributed by atoms with E-state index in [0.29, 0.717) is 11.3 Å². The second kappa shape index (κ2) is 5.59. The molecule has 0 fully saturated rings. The van der Waals surface area contributed by atoms with Crippen LogP contribution in [-0.2, 0) is 7.80 Å². The molecule has 16 heavy (non-hydrogen) atoms. The lowest BCUT2D eigenvalue weighted by molar-refractivity contribution is 0.0801. The van der Waals surface area contributed by atoms with Gasteiger partial charge in [-0.2, -0.15) is 0 Å². The number of rotatable bonds is 3. The van der Waals surface area contributed by atoms with Crippen LogP contribution < -0.4 is 11.5 Å². The van der Waals surface area contributed by atoms with Crippen molar-refractivity contribution in [1.29, 1.82) is 0 Å². The van der Waals surface area contributed by atoms with Gasteiger partial charge in [0.1, 0.15) is 0 Å². The first-order chi connectivity index (χ1) is 7.61. The zero-order chi connectivity index (χ0) is 12.1. The average molecular weight is 334 g/mol. The van der Waals surface area contributed by atoms with E-state index in [0.717, 1.165) is 0 Å². The molecule has 0 amide bonds. The van der Waals surface area contributed by atoms with Gasteiger partial charge in [-0.25, -0.2) is 4.79 Å². The van der Waals surface area contributed by atoms with E-state index in [1.807, 2.05) is 0 Å². The summed E-state index contributed by atoms with van der Waals surface area (Å²) in [5.74, 6) is -0.509. The normalized spacial score (nSPS) is 10.4. The Balaban J connectivity index is 3.26. The molecule has 0 aliphatic carbocycles. The van der Waals surface area contributed by atoms with Gasteiger partial charge in [-0.15, -0.1) is 0 Å². The van der Waals surface area contributed by atoms with E-state index in [2.05, 4.69) is 3.07 Å².